The van der Waals surface area contributed by atoms with Crippen molar-refractivity contribution in [2.45, 2.75) is 19.9 Å². The molecule has 0 saturated heterocycles. The molecule has 7 rings (SSSR count). The number of hydrogen-bond donors (Lipinski definition) is 0. The van der Waals surface area contributed by atoms with E-state index in [9.17, 15) is 0 Å². The molecule has 3 heterocycles. The third-order valence-corrected chi connectivity index (χ3v) is 7.09. The summed E-state index contributed by atoms with van der Waals surface area (Å²) in [7, 11) is -0.204. The van der Waals surface area contributed by atoms with Gasteiger partial charge in [-0.15, -0.1) is 0 Å². The largest absolute Gasteiger partial charge is 0.536 e. The van der Waals surface area contributed by atoms with Crippen LogP contribution >= 0.6 is 0 Å². The second-order valence-electron chi connectivity index (χ2n) is 9.83. The van der Waals surface area contributed by atoms with Gasteiger partial charge in [0.2, 0.25) is 0 Å². The molecule has 0 spiro atoms. The first kappa shape index (κ1) is 22.5. The van der Waals surface area contributed by atoms with Gasteiger partial charge in [0.15, 0.2) is 0 Å². The normalized spacial score (nSPS) is 12.8. The van der Waals surface area contributed by atoms with Gasteiger partial charge in [-0.05, 0) is 73.9 Å². The van der Waals surface area contributed by atoms with Crippen molar-refractivity contribution in [2.75, 3.05) is 4.81 Å². The fraction of sp³-hybridized carbons (Fsp3) is 0.0938. The Hall–Kier alpha value is -4.71. The maximum atomic E-state index is 6.44. The van der Waals surface area contributed by atoms with Gasteiger partial charge in [-0.25, -0.2) is 4.98 Å². The maximum Gasteiger partial charge on any atom is 0.519 e. The van der Waals surface area contributed by atoms with E-state index in [0.29, 0.717) is 0 Å². The molecule has 0 aliphatic carbocycles. The first-order valence-corrected chi connectivity index (χ1v) is 12.9. The highest BCUT2D eigenvalue weighted by Crippen LogP contribution is 2.37. The average Bonchev–Trinajstić information content (AvgIpc) is 3.50. The molecule has 0 atom stereocenters. The molecule has 0 N–H and O–H groups in total. The second-order valence-corrected chi connectivity index (χ2v) is 9.83. The van der Waals surface area contributed by atoms with Crippen LogP contribution in [-0.4, -0.2) is 22.6 Å². The predicted molar refractivity (Wildman–Crippen MR) is 155 cm³/mol. The van der Waals surface area contributed by atoms with E-state index in [1.807, 2.05) is 54.7 Å². The van der Waals surface area contributed by atoms with Crippen LogP contribution in [0.4, 0.5) is 5.69 Å². The van der Waals surface area contributed by atoms with Crippen molar-refractivity contribution in [3.8, 4) is 23.1 Å². The zero-order valence-corrected chi connectivity index (χ0v) is 21.3. The van der Waals surface area contributed by atoms with E-state index in [0.717, 1.165) is 50.6 Å². The molecule has 5 nitrogen and oxygen atoms in total. The maximum absolute atomic E-state index is 6.44. The standard InChI is InChI=1S/C32H26BN3O2/c1-22(2)36-29-14-5-6-15-31(29)38-33(36)23-10-9-11-24(20-23)37-25-17-18-27-26-12-3-4-13-28(26)35(30(27)21-25)32-16-7-8-19-34-32/h3-22H,1-2H3. The number of fused-ring (bicyclic) bond motifs is 4. The highest BCUT2D eigenvalue weighted by molar-refractivity contribution is 6.73. The minimum atomic E-state index is -0.204. The molecule has 1 aliphatic rings. The van der Waals surface area contributed by atoms with E-state index < -0.39 is 0 Å². The zero-order chi connectivity index (χ0) is 25.6. The van der Waals surface area contributed by atoms with Gasteiger partial charge in [0.05, 0.1) is 16.7 Å². The quantitative estimate of drug-likeness (QED) is 0.242. The molecule has 4 aromatic carbocycles. The molecule has 0 bridgehead atoms. The first-order valence-electron chi connectivity index (χ1n) is 12.9. The Morgan fingerprint density at radius 2 is 1.53 bits per heavy atom. The van der Waals surface area contributed by atoms with E-state index in [-0.39, 0.29) is 13.1 Å². The third kappa shape index (κ3) is 3.68. The van der Waals surface area contributed by atoms with Crippen molar-refractivity contribution in [1.29, 1.82) is 0 Å². The van der Waals surface area contributed by atoms with Crippen LogP contribution in [0.15, 0.2) is 115 Å². The third-order valence-electron chi connectivity index (χ3n) is 7.09. The van der Waals surface area contributed by atoms with Crippen molar-refractivity contribution in [1.82, 2.24) is 9.55 Å². The van der Waals surface area contributed by atoms with E-state index >= 15 is 0 Å². The Morgan fingerprint density at radius 3 is 2.39 bits per heavy atom. The van der Waals surface area contributed by atoms with E-state index in [1.165, 1.54) is 5.39 Å². The van der Waals surface area contributed by atoms with Crippen molar-refractivity contribution in [3.05, 3.63) is 115 Å². The molecular formula is C32H26BN3O2. The Bertz CT molecular complexity index is 1780. The van der Waals surface area contributed by atoms with Gasteiger partial charge in [-0.2, -0.15) is 0 Å². The number of pyridine rings is 1. The summed E-state index contributed by atoms with van der Waals surface area (Å²) in [5.41, 5.74) is 4.34. The number of ether oxygens (including phenoxy) is 1. The topological polar surface area (TPSA) is 39.5 Å². The second kappa shape index (κ2) is 9.00. The molecule has 0 unspecified atom stereocenters. The molecule has 0 amide bonds. The molecule has 0 fully saturated rings. The Labute approximate surface area is 222 Å². The van der Waals surface area contributed by atoms with Crippen LogP contribution in [0.2, 0.25) is 0 Å². The van der Waals surface area contributed by atoms with E-state index in [2.05, 4.69) is 88.9 Å². The number of benzene rings is 4. The summed E-state index contributed by atoms with van der Waals surface area (Å²) in [6.45, 7) is 4.38. The van der Waals surface area contributed by atoms with Gasteiger partial charge in [-0.3, -0.25) is 4.57 Å². The Balaban J connectivity index is 1.27. The first-order chi connectivity index (χ1) is 18.7. The lowest BCUT2D eigenvalue weighted by Gasteiger charge is -2.26. The Kier molecular flexibility index (Phi) is 5.32. The SMILES string of the molecule is CC(C)N1B(c2cccc(Oc3ccc4c5ccccc5n(-c5ccccn5)c4c3)c2)Oc2ccccc21. The van der Waals surface area contributed by atoms with Crippen LogP contribution in [0.1, 0.15) is 13.8 Å². The molecule has 6 aromatic rings. The number of aromatic nitrogens is 2. The van der Waals surface area contributed by atoms with Crippen molar-refractivity contribution < 1.29 is 9.39 Å². The number of anilines is 1. The van der Waals surface area contributed by atoms with Crippen LogP contribution < -0.4 is 19.7 Å². The lowest BCUT2D eigenvalue weighted by atomic mass is 9.71. The molecule has 0 saturated carbocycles. The highest BCUT2D eigenvalue weighted by Gasteiger charge is 2.39. The molecule has 2 aromatic heterocycles. The minimum absolute atomic E-state index is 0.204. The van der Waals surface area contributed by atoms with E-state index in [4.69, 9.17) is 9.39 Å². The van der Waals surface area contributed by atoms with Gasteiger partial charge >= 0.3 is 7.05 Å². The molecule has 0 radical (unpaired) electrons. The Morgan fingerprint density at radius 1 is 0.737 bits per heavy atom. The smallest absolute Gasteiger partial charge is 0.519 e. The number of para-hydroxylation sites is 3. The molecule has 6 heteroatoms. The number of hydrogen-bond acceptors (Lipinski definition) is 4. The lowest BCUT2D eigenvalue weighted by Crippen LogP contribution is -2.52. The van der Waals surface area contributed by atoms with Crippen LogP contribution in [-0.2, 0) is 0 Å². The lowest BCUT2D eigenvalue weighted by molar-refractivity contribution is 0.483. The predicted octanol–water partition coefficient (Wildman–Crippen LogP) is 6.97. The van der Waals surface area contributed by atoms with Crippen LogP contribution in [0.3, 0.4) is 0 Å². The van der Waals surface area contributed by atoms with Crippen LogP contribution in [0, 0.1) is 0 Å². The fourth-order valence-electron chi connectivity index (χ4n) is 5.47. The van der Waals surface area contributed by atoms with Gasteiger partial charge in [0, 0.05) is 29.1 Å². The summed E-state index contributed by atoms with van der Waals surface area (Å²) < 4.78 is 15.0. The highest BCUT2D eigenvalue weighted by atomic mass is 16.5. The average molecular weight is 495 g/mol. The summed E-state index contributed by atoms with van der Waals surface area (Å²) in [6.07, 6.45) is 1.83. The van der Waals surface area contributed by atoms with Crippen LogP contribution in [0.25, 0.3) is 27.6 Å². The van der Waals surface area contributed by atoms with Gasteiger partial charge in [0.1, 0.15) is 23.1 Å². The van der Waals surface area contributed by atoms with Gasteiger partial charge in [-0.1, -0.05) is 48.5 Å². The fourth-order valence-corrected chi connectivity index (χ4v) is 5.47. The number of rotatable bonds is 5. The molecule has 184 valence electrons. The molecule has 1 aliphatic heterocycles. The summed E-state index contributed by atoms with van der Waals surface area (Å²) in [5, 5.41) is 2.35. The zero-order valence-electron chi connectivity index (χ0n) is 21.3. The summed E-state index contributed by atoms with van der Waals surface area (Å²) >= 11 is 0. The van der Waals surface area contributed by atoms with Crippen LogP contribution in [0.5, 0.6) is 17.2 Å². The molecular weight excluding hydrogens is 469 g/mol. The van der Waals surface area contributed by atoms with Crippen molar-refractivity contribution >= 4 is 40.0 Å². The summed E-state index contributed by atoms with van der Waals surface area (Å²) in [6, 6.07) is 37.4. The van der Waals surface area contributed by atoms with Gasteiger partial charge < -0.3 is 14.2 Å². The molecule has 38 heavy (non-hydrogen) atoms. The van der Waals surface area contributed by atoms with Crippen molar-refractivity contribution in [2.24, 2.45) is 0 Å². The van der Waals surface area contributed by atoms with Gasteiger partial charge in [0.25, 0.3) is 0 Å². The van der Waals surface area contributed by atoms with E-state index in [1.54, 1.807) is 0 Å². The minimum Gasteiger partial charge on any atom is -0.536 e. The summed E-state index contributed by atoms with van der Waals surface area (Å²) in [5.74, 6) is 3.33. The summed E-state index contributed by atoms with van der Waals surface area (Å²) in [4.78, 5) is 6.94. The number of nitrogens with zero attached hydrogens (tertiary/aromatic N) is 3. The monoisotopic (exact) mass is 495 g/mol. The van der Waals surface area contributed by atoms with Crippen molar-refractivity contribution in [3.63, 3.8) is 0 Å².